The van der Waals surface area contributed by atoms with E-state index in [9.17, 15) is 14.4 Å². The molecule has 0 bridgehead atoms. The summed E-state index contributed by atoms with van der Waals surface area (Å²) < 4.78 is 15.9. The molecule has 0 unspecified atom stereocenters. The van der Waals surface area contributed by atoms with Gasteiger partial charge in [-0.25, -0.2) is 14.0 Å². The molecular weight excluding hydrogens is 544 g/mol. The van der Waals surface area contributed by atoms with Crippen LogP contribution in [0.4, 0.5) is 0 Å². The highest BCUT2D eigenvalue weighted by molar-refractivity contribution is 7.21. The van der Waals surface area contributed by atoms with Gasteiger partial charge in [-0.3, -0.25) is 14.2 Å². The van der Waals surface area contributed by atoms with E-state index < -0.39 is 23.4 Å². The molecule has 0 aliphatic carbocycles. The van der Waals surface area contributed by atoms with Crippen molar-refractivity contribution in [3.63, 3.8) is 0 Å². The normalized spacial score (nSPS) is 12.8. The number of thiophene rings is 1. The highest BCUT2D eigenvalue weighted by Crippen LogP contribution is 2.34. The number of nitriles is 1. The number of fused-ring (bicyclic) bond motifs is 1. The lowest BCUT2D eigenvalue weighted by molar-refractivity contribution is -0.134. The Labute approximate surface area is 241 Å². The fourth-order valence-electron chi connectivity index (χ4n) is 4.71. The summed E-state index contributed by atoms with van der Waals surface area (Å²) in [6.45, 7) is 7.25. The molecular formula is C29H34N6O5S. The summed E-state index contributed by atoms with van der Waals surface area (Å²) in [5, 5.41) is 14.5. The van der Waals surface area contributed by atoms with Crippen molar-refractivity contribution >= 4 is 27.5 Å². The number of aromatic nitrogens is 4. The topological polar surface area (TPSA) is 124 Å². The predicted molar refractivity (Wildman–Crippen MR) is 157 cm³/mol. The maximum Gasteiger partial charge on any atom is 0.332 e. The Kier molecular flexibility index (Phi) is 9.10. The zero-order valence-electron chi connectivity index (χ0n) is 24.0. The predicted octanol–water partition coefficient (Wildman–Crippen LogP) is 3.83. The molecule has 0 spiro atoms. The molecule has 0 aliphatic heterocycles. The van der Waals surface area contributed by atoms with Crippen LogP contribution in [0.25, 0.3) is 15.2 Å². The Morgan fingerprint density at radius 2 is 1.93 bits per heavy atom. The number of para-hydroxylation sites is 1. The quantitative estimate of drug-likeness (QED) is 0.248. The van der Waals surface area contributed by atoms with Crippen molar-refractivity contribution in [2.75, 3.05) is 20.8 Å². The second-order valence-corrected chi connectivity index (χ2v) is 10.9. The molecule has 1 aromatic carbocycles. The zero-order valence-corrected chi connectivity index (χ0v) is 24.8. The Morgan fingerprint density at radius 3 is 2.56 bits per heavy atom. The molecule has 4 rings (SSSR count). The first-order valence-electron chi connectivity index (χ1n) is 13.3. The molecule has 3 aromatic heterocycles. The minimum absolute atomic E-state index is 0.0147. The molecule has 0 saturated carbocycles. The van der Waals surface area contributed by atoms with Crippen LogP contribution in [0.5, 0.6) is 5.75 Å². The third-order valence-electron chi connectivity index (χ3n) is 7.16. The van der Waals surface area contributed by atoms with Gasteiger partial charge in [-0.05, 0) is 39.8 Å². The molecule has 3 heterocycles. The molecule has 0 radical (unpaired) electrons. The lowest BCUT2D eigenvalue weighted by atomic mass is 10.1. The van der Waals surface area contributed by atoms with Crippen molar-refractivity contribution in [1.82, 2.24) is 23.8 Å². The van der Waals surface area contributed by atoms with E-state index in [1.54, 1.807) is 50.3 Å². The Morgan fingerprint density at radius 1 is 1.20 bits per heavy atom. The first-order valence-corrected chi connectivity index (χ1v) is 14.1. The Bertz CT molecular complexity index is 1700. The first kappa shape index (κ1) is 29.8. The van der Waals surface area contributed by atoms with E-state index in [0.29, 0.717) is 32.1 Å². The van der Waals surface area contributed by atoms with E-state index in [-0.39, 0.29) is 31.5 Å². The summed E-state index contributed by atoms with van der Waals surface area (Å²) in [7, 11) is 3.20. The van der Waals surface area contributed by atoms with Gasteiger partial charge in [0.05, 0.1) is 38.1 Å². The van der Waals surface area contributed by atoms with Crippen molar-refractivity contribution in [3.8, 4) is 16.8 Å². The van der Waals surface area contributed by atoms with Gasteiger partial charge in [0.15, 0.2) is 0 Å². The summed E-state index contributed by atoms with van der Waals surface area (Å²) in [6.07, 6.45) is 2.87. The van der Waals surface area contributed by atoms with E-state index in [0.717, 1.165) is 4.57 Å². The number of ether oxygens (including phenoxy) is 2. The molecule has 0 saturated heterocycles. The van der Waals surface area contributed by atoms with E-state index in [1.165, 1.54) is 20.8 Å². The fourth-order valence-corrected chi connectivity index (χ4v) is 5.95. The van der Waals surface area contributed by atoms with Crippen molar-refractivity contribution in [1.29, 1.82) is 5.26 Å². The van der Waals surface area contributed by atoms with Gasteiger partial charge < -0.3 is 14.4 Å². The molecule has 1 amide bonds. The van der Waals surface area contributed by atoms with Crippen molar-refractivity contribution in [3.05, 3.63) is 74.7 Å². The number of likely N-dealkylation sites (N-methyl/N-ethyl adjacent to an activating group) is 1. The number of hydrogen-bond acceptors (Lipinski definition) is 8. The zero-order chi connectivity index (χ0) is 29.8. The summed E-state index contributed by atoms with van der Waals surface area (Å²) in [4.78, 5) is 43.5. The van der Waals surface area contributed by atoms with Crippen LogP contribution in [0.15, 0.2) is 52.3 Å². The van der Waals surface area contributed by atoms with Gasteiger partial charge in [-0.2, -0.15) is 10.4 Å². The van der Waals surface area contributed by atoms with Gasteiger partial charge in [0.2, 0.25) is 5.91 Å². The number of carbonyl (C=O) groups excluding carboxylic acids is 1. The largest absolute Gasteiger partial charge is 0.496 e. The second kappa shape index (κ2) is 12.5. The molecule has 0 aliphatic rings. The SMILES string of the molecule is COc1ccccc1[C@H](Cn1c(=O)n([C@H](C)C(=O)N(C)C(C)C)c(=O)c2c(C)c(-n3cccn3)sc21)OCCC#N. The minimum atomic E-state index is -1.05. The van der Waals surface area contributed by atoms with Crippen LogP contribution in [0.3, 0.4) is 0 Å². The van der Waals surface area contributed by atoms with Crippen LogP contribution in [-0.2, 0) is 16.1 Å². The molecule has 216 valence electrons. The van der Waals surface area contributed by atoms with Gasteiger partial charge in [-0.1, -0.05) is 29.5 Å². The maximum absolute atomic E-state index is 14.2. The number of rotatable bonds is 11. The molecule has 41 heavy (non-hydrogen) atoms. The molecule has 2 atom stereocenters. The van der Waals surface area contributed by atoms with E-state index in [2.05, 4.69) is 11.2 Å². The van der Waals surface area contributed by atoms with Crippen LogP contribution in [0.1, 0.15) is 50.5 Å². The number of benzene rings is 1. The number of nitrogens with zero attached hydrogens (tertiary/aromatic N) is 6. The lowest BCUT2D eigenvalue weighted by Gasteiger charge is -2.26. The second-order valence-electron chi connectivity index (χ2n) is 9.96. The smallest absolute Gasteiger partial charge is 0.332 e. The number of hydrogen-bond donors (Lipinski definition) is 0. The van der Waals surface area contributed by atoms with Crippen LogP contribution >= 0.6 is 11.3 Å². The summed E-state index contributed by atoms with van der Waals surface area (Å²) in [5.41, 5.74) is 0.176. The number of carbonyl (C=O) groups is 1. The third-order valence-corrected chi connectivity index (χ3v) is 8.47. The molecule has 11 nitrogen and oxygen atoms in total. The summed E-state index contributed by atoms with van der Waals surface area (Å²) in [5.74, 6) is 0.214. The van der Waals surface area contributed by atoms with Crippen molar-refractivity contribution in [2.45, 2.75) is 58.8 Å². The highest BCUT2D eigenvalue weighted by Gasteiger charge is 2.30. The standard InChI is InChI=1S/C29H34N6O5S/c1-18(2)32(5)25(36)20(4)35-26(37)24-19(3)27(34-15-10-14-31-34)41-28(24)33(29(35)38)17-23(40-16-9-13-30)21-11-7-8-12-22(21)39-6/h7-8,10-12,14-15,18,20,23H,9,16-17H2,1-6H3/t20-,23+/m1/s1. The van der Waals surface area contributed by atoms with Crippen molar-refractivity contribution < 1.29 is 14.3 Å². The van der Waals surface area contributed by atoms with Crippen LogP contribution in [-0.4, -0.2) is 56.5 Å². The van der Waals surface area contributed by atoms with Gasteiger partial charge in [-0.15, -0.1) is 0 Å². The summed E-state index contributed by atoms with van der Waals surface area (Å²) >= 11 is 1.27. The lowest BCUT2D eigenvalue weighted by Crippen LogP contribution is -2.47. The van der Waals surface area contributed by atoms with Gasteiger partial charge >= 0.3 is 5.69 Å². The molecule has 4 aromatic rings. The maximum atomic E-state index is 14.2. The van der Waals surface area contributed by atoms with Gasteiger partial charge in [0.1, 0.15) is 27.7 Å². The van der Waals surface area contributed by atoms with E-state index in [4.69, 9.17) is 14.7 Å². The third kappa shape index (κ3) is 5.68. The van der Waals surface area contributed by atoms with E-state index >= 15 is 0 Å². The fraction of sp³-hybridized carbons (Fsp3) is 0.414. The molecule has 0 N–H and O–H groups in total. The monoisotopic (exact) mass is 578 g/mol. The van der Waals surface area contributed by atoms with Gasteiger partial charge in [0.25, 0.3) is 5.56 Å². The molecule has 0 fully saturated rings. The van der Waals surface area contributed by atoms with Crippen LogP contribution in [0.2, 0.25) is 0 Å². The minimum Gasteiger partial charge on any atom is -0.496 e. The number of methoxy groups -OCH3 is 1. The summed E-state index contributed by atoms with van der Waals surface area (Å²) in [6, 6.07) is 9.99. The molecule has 12 heteroatoms. The van der Waals surface area contributed by atoms with Gasteiger partial charge in [0, 0.05) is 36.6 Å². The van der Waals surface area contributed by atoms with Crippen LogP contribution in [0, 0.1) is 18.3 Å². The van der Waals surface area contributed by atoms with Crippen molar-refractivity contribution in [2.24, 2.45) is 0 Å². The van der Waals surface area contributed by atoms with E-state index in [1.807, 2.05) is 39.0 Å². The highest BCUT2D eigenvalue weighted by atomic mass is 32.1. The average Bonchev–Trinajstić information content (AvgIpc) is 3.61. The van der Waals surface area contributed by atoms with Crippen LogP contribution < -0.4 is 16.0 Å². The Hall–Kier alpha value is -4.21. The Balaban J connectivity index is 1.99. The number of amides is 1. The first-order chi connectivity index (χ1) is 19.6. The number of aryl methyl sites for hydroxylation is 1. The average molecular weight is 579 g/mol.